The summed E-state index contributed by atoms with van der Waals surface area (Å²) in [7, 11) is 0. The Kier molecular flexibility index (Phi) is 3.08. The van der Waals surface area contributed by atoms with Gasteiger partial charge in [-0.2, -0.15) is 5.10 Å². The molecule has 6 heteroatoms. The standard InChI is InChI=1S/C17H14N4O2/c22-15-7-6-11(9-18-15)13-8-16(23)20-17-14(13)10-19-21(17)12-4-2-1-3-5-12/h1-7,9-10,13H,8H2,(H,18,22)(H,20,23). The molecule has 0 fully saturated rings. The highest BCUT2D eigenvalue weighted by Gasteiger charge is 2.30. The predicted molar refractivity (Wildman–Crippen MR) is 85.7 cm³/mol. The first kappa shape index (κ1) is 13.5. The van der Waals surface area contributed by atoms with Gasteiger partial charge in [0.25, 0.3) is 0 Å². The van der Waals surface area contributed by atoms with Gasteiger partial charge in [0, 0.05) is 30.2 Å². The SMILES string of the molecule is O=C1CC(c2ccc(=O)[nH]c2)c2cnn(-c3ccccc3)c2N1. The van der Waals surface area contributed by atoms with Crippen LogP contribution in [0.5, 0.6) is 0 Å². The van der Waals surface area contributed by atoms with E-state index in [0.717, 1.165) is 16.8 Å². The lowest BCUT2D eigenvalue weighted by molar-refractivity contribution is -0.116. The largest absolute Gasteiger partial charge is 0.329 e. The maximum atomic E-state index is 12.1. The van der Waals surface area contributed by atoms with Crippen LogP contribution < -0.4 is 10.9 Å². The lowest BCUT2D eigenvalue weighted by Crippen LogP contribution is -2.25. The van der Waals surface area contributed by atoms with Crippen molar-refractivity contribution < 1.29 is 4.79 Å². The minimum absolute atomic E-state index is 0.0635. The van der Waals surface area contributed by atoms with E-state index in [2.05, 4.69) is 15.4 Å². The Morgan fingerprint density at radius 1 is 1.09 bits per heavy atom. The molecule has 1 amide bonds. The highest BCUT2D eigenvalue weighted by molar-refractivity contribution is 5.94. The van der Waals surface area contributed by atoms with Crippen molar-refractivity contribution in [2.24, 2.45) is 0 Å². The maximum absolute atomic E-state index is 12.1. The van der Waals surface area contributed by atoms with Gasteiger partial charge < -0.3 is 10.3 Å². The Bertz CT molecular complexity index is 907. The summed E-state index contributed by atoms with van der Waals surface area (Å²) in [6, 6.07) is 12.9. The number of nitrogens with zero attached hydrogens (tertiary/aromatic N) is 2. The van der Waals surface area contributed by atoms with E-state index in [-0.39, 0.29) is 17.4 Å². The van der Waals surface area contributed by atoms with Crippen molar-refractivity contribution in [3.63, 3.8) is 0 Å². The van der Waals surface area contributed by atoms with Gasteiger partial charge in [-0.05, 0) is 17.7 Å². The third-order valence-corrected chi connectivity index (χ3v) is 4.03. The molecule has 1 atom stereocenters. The molecule has 1 aliphatic heterocycles. The smallest absolute Gasteiger partial charge is 0.247 e. The fourth-order valence-corrected chi connectivity index (χ4v) is 2.92. The van der Waals surface area contributed by atoms with Gasteiger partial charge in [0.1, 0.15) is 5.82 Å². The van der Waals surface area contributed by atoms with Crippen molar-refractivity contribution >= 4 is 11.7 Å². The molecule has 2 N–H and O–H groups in total. The average molecular weight is 306 g/mol. The second kappa shape index (κ2) is 5.24. The first-order valence-corrected chi connectivity index (χ1v) is 7.34. The molecular formula is C17H14N4O2. The van der Waals surface area contributed by atoms with E-state index in [9.17, 15) is 9.59 Å². The van der Waals surface area contributed by atoms with Crippen LogP contribution >= 0.6 is 0 Å². The number of H-pyrrole nitrogens is 1. The molecule has 0 saturated carbocycles. The predicted octanol–water partition coefficient (Wildman–Crippen LogP) is 2.03. The number of aromatic amines is 1. The Balaban J connectivity index is 1.83. The molecule has 0 saturated heterocycles. The van der Waals surface area contributed by atoms with E-state index in [1.165, 1.54) is 6.07 Å². The number of para-hydroxylation sites is 1. The number of carbonyl (C=O) groups is 1. The summed E-state index contributed by atoms with van der Waals surface area (Å²) in [6.45, 7) is 0. The van der Waals surface area contributed by atoms with Crippen LogP contribution in [0.15, 0.2) is 59.7 Å². The van der Waals surface area contributed by atoms with E-state index in [1.807, 2.05) is 30.3 Å². The molecule has 0 radical (unpaired) electrons. The van der Waals surface area contributed by atoms with Crippen molar-refractivity contribution in [3.05, 3.63) is 76.3 Å². The van der Waals surface area contributed by atoms with Crippen LogP contribution in [0.1, 0.15) is 23.5 Å². The Morgan fingerprint density at radius 3 is 2.65 bits per heavy atom. The first-order chi connectivity index (χ1) is 11.2. The Hall–Kier alpha value is -3.15. The quantitative estimate of drug-likeness (QED) is 0.760. The van der Waals surface area contributed by atoms with Crippen LogP contribution in [0.3, 0.4) is 0 Å². The van der Waals surface area contributed by atoms with Crippen LogP contribution in [-0.4, -0.2) is 20.7 Å². The summed E-state index contributed by atoms with van der Waals surface area (Å²) in [4.78, 5) is 26.1. The number of nitrogens with one attached hydrogen (secondary N) is 2. The number of pyridine rings is 1. The molecular weight excluding hydrogens is 292 g/mol. The zero-order chi connectivity index (χ0) is 15.8. The maximum Gasteiger partial charge on any atom is 0.247 e. The number of rotatable bonds is 2. The van der Waals surface area contributed by atoms with Crippen LogP contribution in [0, 0.1) is 0 Å². The van der Waals surface area contributed by atoms with Gasteiger partial charge in [0.2, 0.25) is 11.5 Å². The number of anilines is 1. The molecule has 0 aliphatic carbocycles. The van der Waals surface area contributed by atoms with Gasteiger partial charge in [-0.25, -0.2) is 4.68 Å². The number of hydrogen-bond donors (Lipinski definition) is 2. The van der Waals surface area contributed by atoms with Gasteiger partial charge in [0.05, 0.1) is 11.9 Å². The summed E-state index contributed by atoms with van der Waals surface area (Å²) in [6.07, 6.45) is 3.77. The third kappa shape index (κ3) is 2.34. The second-order valence-corrected chi connectivity index (χ2v) is 5.49. The van der Waals surface area contributed by atoms with Gasteiger partial charge in [-0.15, -0.1) is 0 Å². The number of aromatic nitrogens is 3. The lowest BCUT2D eigenvalue weighted by Gasteiger charge is -2.23. The van der Waals surface area contributed by atoms with Crippen LogP contribution in [0.25, 0.3) is 5.69 Å². The third-order valence-electron chi connectivity index (χ3n) is 4.03. The number of carbonyl (C=O) groups excluding carboxylic acids is 1. The molecule has 4 rings (SSSR count). The van der Waals surface area contributed by atoms with E-state index >= 15 is 0 Å². The fraction of sp³-hybridized carbons (Fsp3) is 0.118. The summed E-state index contributed by atoms with van der Waals surface area (Å²) in [5.74, 6) is 0.503. The topological polar surface area (TPSA) is 79.8 Å². The normalized spacial score (nSPS) is 16.7. The van der Waals surface area contributed by atoms with E-state index in [4.69, 9.17) is 0 Å². The highest BCUT2D eigenvalue weighted by Crippen LogP contribution is 2.37. The number of benzene rings is 1. The minimum atomic E-state index is -0.158. The van der Waals surface area contributed by atoms with Gasteiger partial charge >= 0.3 is 0 Å². The molecule has 6 nitrogen and oxygen atoms in total. The van der Waals surface area contributed by atoms with Gasteiger partial charge in [-0.1, -0.05) is 24.3 Å². The summed E-state index contributed by atoms with van der Waals surface area (Å²) in [5, 5.41) is 7.33. The van der Waals surface area contributed by atoms with Crippen molar-refractivity contribution in [1.29, 1.82) is 0 Å². The van der Waals surface area contributed by atoms with E-state index in [1.54, 1.807) is 23.1 Å². The van der Waals surface area contributed by atoms with Crippen LogP contribution in [0.4, 0.5) is 5.82 Å². The minimum Gasteiger partial charge on any atom is -0.329 e. The van der Waals surface area contributed by atoms with Crippen LogP contribution in [-0.2, 0) is 4.79 Å². The molecule has 3 aromatic rings. The summed E-state index contributed by atoms with van der Waals surface area (Å²) < 4.78 is 1.73. The summed E-state index contributed by atoms with van der Waals surface area (Å²) >= 11 is 0. The Labute approximate surface area is 131 Å². The van der Waals surface area contributed by atoms with Gasteiger partial charge in [-0.3, -0.25) is 9.59 Å². The lowest BCUT2D eigenvalue weighted by atomic mass is 9.88. The molecule has 2 aromatic heterocycles. The molecule has 0 spiro atoms. The monoisotopic (exact) mass is 306 g/mol. The van der Waals surface area contributed by atoms with Crippen molar-refractivity contribution in [2.75, 3.05) is 5.32 Å². The highest BCUT2D eigenvalue weighted by atomic mass is 16.1. The summed E-state index contributed by atoms with van der Waals surface area (Å²) in [5.41, 5.74) is 2.57. The van der Waals surface area contributed by atoms with Crippen molar-refractivity contribution in [1.82, 2.24) is 14.8 Å². The van der Waals surface area contributed by atoms with Gasteiger partial charge in [0.15, 0.2) is 0 Å². The molecule has 0 bridgehead atoms. The van der Waals surface area contributed by atoms with Crippen molar-refractivity contribution in [3.8, 4) is 5.69 Å². The molecule has 114 valence electrons. The van der Waals surface area contributed by atoms with Crippen molar-refractivity contribution in [2.45, 2.75) is 12.3 Å². The molecule has 3 heterocycles. The van der Waals surface area contributed by atoms with E-state index in [0.29, 0.717) is 12.2 Å². The molecule has 23 heavy (non-hydrogen) atoms. The van der Waals surface area contributed by atoms with Crippen LogP contribution in [0.2, 0.25) is 0 Å². The fourth-order valence-electron chi connectivity index (χ4n) is 2.92. The second-order valence-electron chi connectivity index (χ2n) is 5.49. The zero-order valence-electron chi connectivity index (χ0n) is 12.2. The first-order valence-electron chi connectivity index (χ1n) is 7.34. The molecule has 1 aliphatic rings. The van der Waals surface area contributed by atoms with E-state index < -0.39 is 0 Å². The number of fused-ring (bicyclic) bond motifs is 1. The molecule has 1 unspecified atom stereocenters. The zero-order valence-corrected chi connectivity index (χ0v) is 12.2. The number of amides is 1. The Morgan fingerprint density at radius 2 is 1.91 bits per heavy atom. The average Bonchev–Trinajstić information content (AvgIpc) is 2.99. The number of hydrogen-bond acceptors (Lipinski definition) is 3. The molecule has 1 aromatic carbocycles.